The van der Waals surface area contributed by atoms with Crippen LogP contribution in [0.2, 0.25) is 0 Å². The highest BCUT2D eigenvalue weighted by molar-refractivity contribution is 7.89. The van der Waals surface area contributed by atoms with Gasteiger partial charge in [0.25, 0.3) is 0 Å². The molecule has 0 aromatic heterocycles. The smallest absolute Gasteiger partial charge is 0.213 e. The van der Waals surface area contributed by atoms with Crippen LogP contribution in [-0.4, -0.2) is 80.6 Å². The van der Waals surface area contributed by atoms with Crippen molar-refractivity contribution in [3.63, 3.8) is 0 Å². The molecule has 0 N–H and O–H groups in total. The fourth-order valence-electron chi connectivity index (χ4n) is 2.63. The first kappa shape index (κ1) is 13.3. The van der Waals surface area contributed by atoms with E-state index in [9.17, 15) is 8.42 Å². The molecule has 1 atom stereocenters. The van der Waals surface area contributed by atoms with E-state index in [1.807, 2.05) is 0 Å². The predicted octanol–water partition coefficient (Wildman–Crippen LogP) is -0.342. The predicted molar refractivity (Wildman–Crippen MR) is 68.5 cm³/mol. The highest BCUT2D eigenvalue weighted by atomic mass is 32.2. The van der Waals surface area contributed by atoms with E-state index in [-0.39, 0.29) is 5.75 Å². The van der Waals surface area contributed by atoms with E-state index in [4.69, 9.17) is 0 Å². The molecule has 2 rings (SSSR count). The van der Waals surface area contributed by atoms with E-state index in [1.165, 1.54) is 0 Å². The van der Waals surface area contributed by atoms with Crippen molar-refractivity contribution in [3.8, 4) is 0 Å². The van der Waals surface area contributed by atoms with Gasteiger partial charge in [0.15, 0.2) is 0 Å². The van der Waals surface area contributed by atoms with Crippen molar-refractivity contribution in [1.82, 2.24) is 14.1 Å². The number of hydrogen-bond acceptors (Lipinski definition) is 4. The van der Waals surface area contributed by atoms with Gasteiger partial charge in [0.1, 0.15) is 0 Å². The molecule has 2 aliphatic heterocycles. The number of rotatable bonds is 3. The summed E-state index contributed by atoms with van der Waals surface area (Å²) in [6.07, 6.45) is 0.989. The van der Waals surface area contributed by atoms with Crippen molar-refractivity contribution in [1.29, 1.82) is 0 Å². The molecule has 0 aromatic rings. The second-order valence-corrected chi connectivity index (χ2v) is 7.30. The lowest BCUT2D eigenvalue weighted by atomic mass is 10.2. The quantitative estimate of drug-likeness (QED) is 0.697. The standard InChI is InChI=1S/C11H23N3O2S/c1-3-17(15,16)14-5-4-11(10-14)13-8-6-12(2)7-9-13/h11H,3-10H2,1-2H3. The highest BCUT2D eigenvalue weighted by Crippen LogP contribution is 2.19. The molecule has 2 saturated heterocycles. The van der Waals surface area contributed by atoms with Gasteiger partial charge in [-0.15, -0.1) is 0 Å². The summed E-state index contributed by atoms with van der Waals surface area (Å²) in [4.78, 5) is 4.77. The molecule has 0 aromatic carbocycles. The van der Waals surface area contributed by atoms with Crippen LogP contribution in [0.5, 0.6) is 0 Å². The fourth-order valence-corrected chi connectivity index (χ4v) is 3.78. The maximum absolute atomic E-state index is 11.8. The van der Waals surface area contributed by atoms with Gasteiger partial charge in [-0.1, -0.05) is 0 Å². The number of sulfonamides is 1. The Balaban J connectivity index is 1.90. The van der Waals surface area contributed by atoms with Crippen molar-refractivity contribution in [2.24, 2.45) is 0 Å². The molecule has 2 fully saturated rings. The summed E-state index contributed by atoms with van der Waals surface area (Å²) in [7, 11) is -0.845. The molecule has 17 heavy (non-hydrogen) atoms. The summed E-state index contributed by atoms with van der Waals surface area (Å²) in [6.45, 7) is 7.45. The van der Waals surface area contributed by atoms with Crippen LogP contribution in [0.1, 0.15) is 13.3 Å². The molecule has 2 heterocycles. The van der Waals surface area contributed by atoms with E-state index >= 15 is 0 Å². The summed E-state index contributed by atoms with van der Waals surface area (Å²) in [5.41, 5.74) is 0. The lowest BCUT2D eigenvalue weighted by molar-refractivity contribution is 0.117. The average molecular weight is 261 g/mol. The van der Waals surface area contributed by atoms with Crippen LogP contribution in [0, 0.1) is 0 Å². The van der Waals surface area contributed by atoms with Crippen LogP contribution in [0.3, 0.4) is 0 Å². The maximum Gasteiger partial charge on any atom is 0.213 e. The van der Waals surface area contributed by atoms with Gasteiger partial charge in [-0.2, -0.15) is 0 Å². The Morgan fingerprint density at radius 1 is 1.12 bits per heavy atom. The second kappa shape index (κ2) is 5.22. The largest absolute Gasteiger partial charge is 0.304 e. The van der Waals surface area contributed by atoms with Crippen LogP contribution in [-0.2, 0) is 10.0 Å². The van der Waals surface area contributed by atoms with Gasteiger partial charge in [-0.3, -0.25) is 4.90 Å². The molecule has 0 amide bonds. The van der Waals surface area contributed by atoms with Gasteiger partial charge in [0.05, 0.1) is 5.75 Å². The zero-order chi connectivity index (χ0) is 12.5. The highest BCUT2D eigenvalue weighted by Gasteiger charge is 2.34. The van der Waals surface area contributed by atoms with E-state index in [2.05, 4.69) is 16.8 Å². The first-order valence-electron chi connectivity index (χ1n) is 6.43. The van der Waals surface area contributed by atoms with Gasteiger partial charge < -0.3 is 4.90 Å². The molecule has 0 saturated carbocycles. The Labute approximate surface area is 104 Å². The van der Waals surface area contributed by atoms with Gasteiger partial charge in [0, 0.05) is 45.3 Å². The first-order chi connectivity index (χ1) is 8.03. The van der Waals surface area contributed by atoms with Crippen molar-refractivity contribution in [3.05, 3.63) is 0 Å². The monoisotopic (exact) mass is 261 g/mol. The van der Waals surface area contributed by atoms with E-state index in [1.54, 1.807) is 11.2 Å². The Hall–Kier alpha value is -0.170. The van der Waals surface area contributed by atoms with E-state index in [0.717, 1.165) is 32.6 Å². The minimum atomic E-state index is -2.98. The summed E-state index contributed by atoms with van der Waals surface area (Å²) >= 11 is 0. The Morgan fingerprint density at radius 3 is 2.35 bits per heavy atom. The summed E-state index contributed by atoms with van der Waals surface area (Å²) < 4.78 is 25.2. The Kier molecular flexibility index (Phi) is 4.07. The molecular weight excluding hydrogens is 238 g/mol. The molecule has 0 spiro atoms. The van der Waals surface area contributed by atoms with E-state index in [0.29, 0.717) is 19.1 Å². The third-order valence-electron chi connectivity index (χ3n) is 3.94. The SMILES string of the molecule is CCS(=O)(=O)N1CCC(N2CCN(C)CC2)C1. The van der Waals surface area contributed by atoms with Crippen molar-refractivity contribution < 1.29 is 8.42 Å². The van der Waals surface area contributed by atoms with Crippen molar-refractivity contribution in [2.45, 2.75) is 19.4 Å². The van der Waals surface area contributed by atoms with Crippen LogP contribution in [0.15, 0.2) is 0 Å². The molecule has 1 unspecified atom stereocenters. The van der Waals surface area contributed by atoms with Crippen molar-refractivity contribution in [2.75, 3.05) is 52.1 Å². The average Bonchev–Trinajstić information content (AvgIpc) is 2.80. The van der Waals surface area contributed by atoms with Crippen LogP contribution in [0.4, 0.5) is 0 Å². The molecule has 5 nitrogen and oxygen atoms in total. The fraction of sp³-hybridized carbons (Fsp3) is 1.00. The summed E-state index contributed by atoms with van der Waals surface area (Å²) in [6, 6.07) is 0.435. The number of piperazine rings is 1. The molecule has 2 aliphatic rings. The lowest BCUT2D eigenvalue weighted by Crippen LogP contribution is -2.50. The molecular formula is C11H23N3O2S. The molecule has 0 radical (unpaired) electrons. The van der Waals surface area contributed by atoms with Crippen LogP contribution < -0.4 is 0 Å². The summed E-state index contributed by atoms with van der Waals surface area (Å²) in [5, 5.41) is 0. The third kappa shape index (κ3) is 2.99. The third-order valence-corrected chi connectivity index (χ3v) is 5.79. The van der Waals surface area contributed by atoms with Crippen LogP contribution >= 0.6 is 0 Å². The topological polar surface area (TPSA) is 43.9 Å². The van der Waals surface area contributed by atoms with Gasteiger partial charge in [-0.25, -0.2) is 12.7 Å². The first-order valence-corrected chi connectivity index (χ1v) is 8.04. The van der Waals surface area contributed by atoms with Crippen LogP contribution in [0.25, 0.3) is 0 Å². The number of likely N-dealkylation sites (N-methyl/N-ethyl adjacent to an activating group) is 1. The molecule has 0 aliphatic carbocycles. The molecule has 6 heteroatoms. The van der Waals surface area contributed by atoms with E-state index < -0.39 is 10.0 Å². The molecule has 100 valence electrons. The number of hydrogen-bond donors (Lipinski definition) is 0. The lowest BCUT2D eigenvalue weighted by Gasteiger charge is -2.36. The maximum atomic E-state index is 11.8. The second-order valence-electron chi connectivity index (χ2n) is 5.04. The van der Waals surface area contributed by atoms with Gasteiger partial charge in [0.2, 0.25) is 10.0 Å². The zero-order valence-electron chi connectivity index (χ0n) is 10.8. The Morgan fingerprint density at radius 2 is 1.76 bits per heavy atom. The Bertz CT molecular complexity index is 350. The normalized spacial score (nSPS) is 29.9. The van der Waals surface area contributed by atoms with Gasteiger partial charge >= 0.3 is 0 Å². The van der Waals surface area contributed by atoms with Gasteiger partial charge in [-0.05, 0) is 20.4 Å². The van der Waals surface area contributed by atoms with Crippen molar-refractivity contribution >= 4 is 10.0 Å². The minimum absolute atomic E-state index is 0.225. The number of nitrogens with zero attached hydrogens (tertiary/aromatic N) is 3. The molecule has 0 bridgehead atoms. The summed E-state index contributed by atoms with van der Waals surface area (Å²) in [5.74, 6) is 0.225. The minimum Gasteiger partial charge on any atom is -0.304 e. The zero-order valence-corrected chi connectivity index (χ0v) is 11.6.